The summed E-state index contributed by atoms with van der Waals surface area (Å²) in [7, 11) is 0. The maximum absolute atomic E-state index is 12.7. The summed E-state index contributed by atoms with van der Waals surface area (Å²) in [6.07, 6.45) is 7.22. The van der Waals surface area contributed by atoms with Crippen molar-refractivity contribution in [3.8, 4) is 12.3 Å². The molecule has 4 rings (SSSR count). The minimum absolute atomic E-state index is 0.272. The molecule has 122 valence electrons. The van der Waals surface area contributed by atoms with Crippen molar-refractivity contribution in [2.75, 3.05) is 0 Å². The van der Waals surface area contributed by atoms with Crippen LogP contribution in [0.2, 0.25) is 0 Å². The van der Waals surface area contributed by atoms with E-state index >= 15 is 0 Å². The van der Waals surface area contributed by atoms with Gasteiger partial charge in [0, 0.05) is 17.1 Å². The number of amides is 1. The third-order valence-corrected chi connectivity index (χ3v) is 5.15. The number of terminal acetylenes is 1. The zero-order chi connectivity index (χ0) is 17.4. The maximum atomic E-state index is 12.7. The highest BCUT2D eigenvalue weighted by Gasteiger charge is 2.12. The van der Waals surface area contributed by atoms with E-state index in [4.69, 9.17) is 6.42 Å². The lowest BCUT2D eigenvalue weighted by molar-refractivity contribution is 0.0999. The van der Waals surface area contributed by atoms with Crippen LogP contribution in [0.1, 0.15) is 15.9 Å². The Hall–Kier alpha value is -3.10. The van der Waals surface area contributed by atoms with Crippen molar-refractivity contribution < 1.29 is 4.79 Å². The van der Waals surface area contributed by atoms with Gasteiger partial charge in [0.2, 0.25) is 0 Å². The molecule has 25 heavy (non-hydrogen) atoms. The van der Waals surface area contributed by atoms with E-state index in [1.54, 1.807) is 6.20 Å². The van der Waals surface area contributed by atoms with Crippen LogP contribution in [0.4, 0.5) is 0 Å². The van der Waals surface area contributed by atoms with E-state index in [-0.39, 0.29) is 5.91 Å². The molecular weight excluding hydrogens is 330 g/mol. The summed E-state index contributed by atoms with van der Waals surface area (Å²) >= 11 is 1.48. The van der Waals surface area contributed by atoms with Crippen molar-refractivity contribution >= 4 is 38.4 Å². The Balaban J connectivity index is 1.89. The topological polar surface area (TPSA) is 50.1 Å². The van der Waals surface area contributed by atoms with Gasteiger partial charge in [-0.25, -0.2) is 0 Å². The molecule has 0 saturated heterocycles. The minimum atomic E-state index is -0.272. The Morgan fingerprint density at radius 2 is 2.16 bits per heavy atom. The van der Waals surface area contributed by atoms with E-state index in [1.165, 1.54) is 11.3 Å². The largest absolute Gasteiger partial charge is 0.360 e. The van der Waals surface area contributed by atoms with Crippen LogP contribution in [0.15, 0.2) is 53.7 Å². The number of carbonyl (C=O) groups excluding carboxylic acids is 1. The molecule has 4 aromatic rings. The van der Waals surface area contributed by atoms with Crippen LogP contribution in [0.25, 0.3) is 21.1 Å². The third-order valence-electron chi connectivity index (χ3n) is 4.10. The molecule has 5 heteroatoms. The number of aromatic amines is 1. The summed E-state index contributed by atoms with van der Waals surface area (Å²) < 4.78 is 2.98. The van der Waals surface area contributed by atoms with Crippen LogP contribution >= 0.6 is 11.3 Å². The SMILES string of the molecule is C#CCn1c(=NC(=O)c2c[nH]c3ccccc23)sc2cc(C)ccc21. The van der Waals surface area contributed by atoms with Crippen molar-refractivity contribution in [1.82, 2.24) is 9.55 Å². The Bertz CT molecular complexity index is 1220. The van der Waals surface area contributed by atoms with Crippen LogP contribution in [0, 0.1) is 19.3 Å². The number of rotatable bonds is 2. The smallest absolute Gasteiger partial charge is 0.281 e. The molecule has 0 radical (unpaired) electrons. The number of nitrogens with zero attached hydrogens (tertiary/aromatic N) is 2. The second-order valence-corrected chi connectivity index (χ2v) is 6.82. The van der Waals surface area contributed by atoms with Gasteiger partial charge in [0.25, 0.3) is 5.91 Å². The Labute approximate surface area is 148 Å². The Morgan fingerprint density at radius 1 is 1.32 bits per heavy atom. The Morgan fingerprint density at radius 3 is 3.00 bits per heavy atom. The molecule has 2 heterocycles. The maximum Gasteiger partial charge on any atom is 0.281 e. The molecule has 0 bridgehead atoms. The first-order valence-electron chi connectivity index (χ1n) is 7.86. The van der Waals surface area contributed by atoms with Gasteiger partial charge in [-0.2, -0.15) is 4.99 Å². The highest BCUT2D eigenvalue weighted by Crippen LogP contribution is 2.20. The minimum Gasteiger partial charge on any atom is -0.360 e. The molecule has 0 aliphatic carbocycles. The summed E-state index contributed by atoms with van der Waals surface area (Å²) in [5.41, 5.74) is 3.65. The molecule has 0 spiro atoms. The van der Waals surface area contributed by atoms with E-state index in [2.05, 4.69) is 22.0 Å². The predicted molar refractivity (Wildman–Crippen MR) is 102 cm³/mol. The fourth-order valence-electron chi connectivity index (χ4n) is 2.91. The highest BCUT2D eigenvalue weighted by molar-refractivity contribution is 7.16. The molecule has 4 nitrogen and oxygen atoms in total. The van der Waals surface area contributed by atoms with Gasteiger partial charge in [0.15, 0.2) is 4.80 Å². The number of aryl methyl sites for hydroxylation is 1. The van der Waals surface area contributed by atoms with Crippen LogP contribution in [-0.2, 0) is 6.54 Å². The molecule has 1 N–H and O–H groups in total. The number of hydrogen-bond donors (Lipinski definition) is 1. The number of nitrogens with one attached hydrogen (secondary N) is 1. The van der Waals surface area contributed by atoms with Crippen LogP contribution in [-0.4, -0.2) is 15.5 Å². The molecule has 1 amide bonds. The van der Waals surface area contributed by atoms with Crippen LogP contribution < -0.4 is 4.80 Å². The van der Waals surface area contributed by atoms with E-state index in [0.717, 1.165) is 26.7 Å². The number of fused-ring (bicyclic) bond motifs is 2. The fraction of sp³-hybridized carbons (Fsp3) is 0.100. The van der Waals surface area contributed by atoms with Gasteiger partial charge in [-0.15, -0.1) is 6.42 Å². The summed E-state index contributed by atoms with van der Waals surface area (Å²) in [6, 6.07) is 13.8. The molecule has 0 aliphatic rings. The first-order chi connectivity index (χ1) is 12.2. The number of thiazole rings is 1. The third kappa shape index (κ3) is 2.67. The van der Waals surface area contributed by atoms with Crippen LogP contribution in [0.5, 0.6) is 0 Å². The standard InChI is InChI=1S/C20H15N3OS/c1-3-10-23-17-9-8-13(2)11-18(17)25-20(23)22-19(24)15-12-21-16-7-5-4-6-14(15)16/h1,4-9,11-12,21H,10H2,2H3. The number of benzene rings is 2. The number of hydrogen-bond acceptors (Lipinski definition) is 2. The molecule has 0 aliphatic heterocycles. The quantitative estimate of drug-likeness (QED) is 0.551. The molecule has 2 aromatic carbocycles. The molecule has 2 aromatic heterocycles. The summed E-state index contributed by atoms with van der Waals surface area (Å²) in [5, 5.41) is 0.872. The second-order valence-electron chi connectivity index (χ2n) is 5.81. The van der Waals surface area contributed by atoms with Gasteiger partial charge in [-0.1, -0.05) is 41.5 Å². The van der Waals surface area contributed by atoms with Crippen molar-refractivity contribution in [1.29, 1.82) is 0 Å². The lowest BCUT2D eigenvalue weighted by Gasteiger charge is -2.00. The van der Waals surface area contributed by atoms with Crippen LogP contribution in [0.3, 0.4) is 0 Å². The van der Waals surface area contributed by atoms with Crippen molar-refractivity contribution in [2.24, 2.45) is 4.99 Å². The first kappa shape index (κ1) is 15.4. The highest BCUT2D eigenvalue weighted by atomic mass is 32.1. The molecule has 0 fully saturated rings. The van der Waals surface area contributed by atoms with Crippen molar-refractivity contribution in [3.63, 3.8) is 0 Å². The zero-order valence-electron chi connectivity index (χ0n) is 13.6. The number of carbonyl (C=O) groups is 1. The second kappa shape index (κ2) is 6.08. The van der Waals surface area contributed by atoms with E-state index < -0.39 is 0 Å². The molecular formula is C20H15N3OS. The average molecular weight is 345 g/mol. The average Bonchev–Trinajstić information content (AvgIpc) is 3.17. The molecule has 0 unspecified atom stereocenters. The van der Waals surface area contributed by atoms with Crippen molar-refractivity contribution in [2.45, 2.75) is 13.5 Å². The number of para-hydroxylation sites is 1. The van der Waals surface area contributed by atoms with E-state index in [1.807, 2.05) is 47.9 Å². The zero-order valence-corrected chi connectivity index (χ0v) is 14.4. The first-order valence-corrected chi connectivity index (χ1v) is 8.67. The van der Waals surface area contributed by atoms with E-state index in [9.17, 15) is 4.79 Å². The van der Waals surface area contributed by atoms with Crippen molar-refractivity contribution in [3.05, 3.63) is 64.6 Å². The van der Waals surface area contributed by atoms with Gasteiger partial charge >= 0.3 is 0 Å². The van der Waals surface area contributed by atoms with Gasteiger partial charge < -0.3 is 9.55 Å². The fourth-order valence-corrected chi connectivity index (χ4v) is 4.03. The predicted octanol–water partition coefficient (Wildman–Crippen LogP) is 3.87. The van der Waals surface area contributed by atoms with Gasteiger partial charge in [0.1, 0.15) is 0 Å². The molecule has 0 saturated carbocycles. The lowest BCUT2D eigenvalue weighted by atomic mass is 10.2. The van der Waals surface area contributed by atoms with Gasteiger partial charge in [-0.05, 0) is 30.7 Å². The Kier molecular flexibility index (Phi) is 3.75. The normalized spacial score (nSPS) is 11.9. The summed E-state index contributed by atoms with van der Waals surface area (Å²) in [4.78, 5) is 20.8. The summed E-state index contributed by atoms with van der Waals surface area (Å²) in [6.45, 7) is 2.42. The monoisotopic (exact) mass is 345 g/mol. The van der Waals surface area contributed by atoms with E-state index in [0.29, 0.717) is 16.9 Å². The summed E-state index contributed by atoms with van der Waals surface area (Å²) in [5.74, 6) is 2.38. The lowest BCUT2D eigenvalue weighted by Crippen LogP contribution is -2.16. The molecule has 0 atom stereocenters. The number of aromatic nitrogens is 2. The van der Waals surface area contributed by atoms with Gasteiger partial charge in [-0.3, -0.25) is 4.79 Å². The number of H-pyrrole nitrogens is 1. The van der Waals surface area contributed by atoms with Gasteiger partial charge in [0.05, 0.1) is 22.3 Å².